The third-order valence-corrected chi connectivity index (χ3v) is 3.18. The van der Waals surface area contributed by atoms with E-state index in [-0.39, 0.29) is 0 Å². The lowest BCUT2D eigenvalue weighted by Crippen LogP contribution is -2.07. The molecule has 0 saturated heterocycles. The van der Waals surface area contributed by atoms with Gasteiger partial charge in [0.15, 0.2) is 0 Å². The molecule has 0 aliphatic carbocycles. The fourth-order valence-electron chi connectivity index (χ4n) is 2.21. The van der Waals surface area contributed by atoms with Gasteiger partial charge in [-0.25, -0.2) is 0 Å². The SMILES string of the molecule is Cc1ccc(C(C)C)c(O)c1C(C)CCN. The second kappa shape index (κ2) is 5.35. The highest BCUT2D eigenvalue weighted by Gasteiger charge is 2.17. The van der Waals surface area contributed by atoms with Crippen LogP contribution in [0.2, 0.25) is 0 Å². The van der Waals surface area contributed by atoms with Gasteiger partial charge in [-0.1, -0.05) is 32.9 Å². The molecule has 0 saturated carbocycles. The van der Waals surface area contributed by atoms with Crippen LogP contribution >= 0.6 is 0 Å². The Morgan fingerprint density at radius 2 is 1.88 bits per heavy atom. The molecule has 1 rings (SSSR count). The summed E-state index contributed by atoms with van der Waals surface area (Å²) in [7, 11) is 0. The second-order valence-electron chi connectivity index (χ2n) is 4.87. The van der Waals surface area contributed by atoms with Crippen molar-refractivity contribution in [3.63, 3.8) is 0 Å². The number of phenols is 1. The predicted octanol–water partition coefficient (Wildman–Crippen LogP) is 3.28. The summed E-state index contributed by atoms with van der Waals surface area (Å²) in [5, 5.41) is 10.3. The predicted molar refractivity (Wildman–Crippen MR) is 69.0 cm³/mol. The molecule has 16 heavy (non-hydrogen) atoms. The number of aromatic hydroxyl groups is 1. The van der Waals surface area contributed by atoms with Gasteiger partial charge in [-0.05, 0) is 48.4 Å². The lowest BCUT2D eigenvalue weighted by molar-refractivity contribution is 0.450. The summed E-state index contributed by atoms with van der Waals surface area (Å²) in [4.78, 5) is 0. The highest BCUT2D eigenvalue weighted by molar-refractivity contribution is 5.48. The van der Waals surface area contributed by atoms with Gasteiger partial charge in [0.2, 0.25) is 0 Å². The van der Waals surface area contributed by atoms with Crippen molar-refractivity contribution >= 4 is 0 Å². The van der Waals surface area contributed by atoms with Crippen LogP contribution in [-0.2, 0) is 0 Å². The first-order chi connectivity index (χ1) is 7.49. The van der Waals surface area contributed by atoms with Crippen LogP contribution in [0.4, 0.5) is 0 Å². The molecule has 1 aromatic rings. The van der Waals surface area contributed by atoms with Gasteiger partial charge in [0.25, 0.3) is 0 Å². The second-order valence-corrected chi connectivity index (χ2v) is 4.87. The average Bonchev–Trinajstić information content (AvgIpc) is 2.17. The Hall–Kier alpha value is -1.02. The minimum atomic E-state index is 0.323. The molecule has 0 heterocycles. The van der Waals surface area contributed by atoms with Crippen molar-refractivity contribution in [1.29, 1.82) is 0 Å². The number of hydrogen-bond acceptors (Lipinski definition) is 2. The molecule has 2 nitrogen and oxygen atoms in total. The Kier molecular flexibility index (Phi) is 4.36. The molecular weight excluding hydrogens is 198 g/mol. The maximum Gasteiger partial charge on any atom is 0.122 e. The highest BCUT2D eigenvalue weighted by atomic mass is 16.3. The van der Waals surface area contributed by atoms with Crippen LogP contribution in [0, 0.1) is 6.92 Å². The topological polar surface area (TPSA) is 46.2 Å². The normalized spacial score (nSPS) is 13.1. The third kappa shape index (κ3) is 2.56. The van der Waals surface area contributed by atoms with Crippen LogP contribution in [-0.4, -0.2) is 11.7 Å². The van der Waals surface area contributed by atoms with Gasteiger partial charge in [-0.2, -0.15) is 0 Å². The van der Waals surface area contributed by atoms with E-state index in [0.29, 0.717) is 24.1 Å². The Balaban J connectivity index is 3.20. The molecular formula is C14H23NO. The monoisotopic (exact) mass is 221 g/mol. The Morgan fingerprint density at radius 1 is 1.25 bits per heavy atom. The van der Waals surface area contributed by atoms with E-state index < -0.39 is 0 Å². The average molecular weight is 221 g/mol. The first-order valence-electron chi connectivity index (χ1n) is 6.01. The van der Waals surface area contributed by atoms with Crippen LogP contribution in [0.15, 0.2) is 12.1 Å². The van der Waals surface area contributed by atoms with Gasteiger partial charge in [0.05, 0.1) is 0 Å². The zero-order valence-electron chi connectivity index (χ0n) is 10.7. The van der Waals surface area contributed by atoms with Gasteiger partial charge in [-0.15, -0.1) is 0 Å². The van der Waals surface area contributed by atoms with E-state index >= 15 is 0 Å². The number of nitrogens with two attached hydrogens (primary N) is 1. The quantitative estimate of drug-likeness (QED) is 0.819. The summed E-state index contributed by atoms with van der Waals surface area (Å²) in [5.74, 6) is 1.14. The van der Waals surface area contributed by atoms with Crippen LogP contribution < -0.4 is 5.73 Å². The number of rotatable bonds is 4. The molecule has 1 unspecified atom stereocenters. The van der Waals surface area contributed by atoms with Gasteiger partial charge >= 0.3 is 0 Å². The van der Waals surface area contributed by atoms with E-state index in [9.17, 15) is 5.11 Å². The van der Waals surface area contributed by atoms with Gasteiger partial charge in [0.1, 0.15) is 5.75 Å². The molecule has 0 aliphatic rings. The minimum Gasteiger partial charge on any atom is -0.507 e. The van der Waals surface area contributed by atoms with Crippen molar-refractivity contribution < 1.29 is 5.11 Å². The van der Waals surface area contributed by atoms with Gasteiger partial charge in [-0.3, -0.25) is 0 Å². The van der Waals surface area contributed by atoms with Crippen molar-refractivity contribution in [2.24, 2.45) is 5.73 Å². The first-order valence-corrected chi connectivity index (χ1v) is 6.01. The van der Waals surface area contributed by atoms with Crippen molar-refractivity contribution in [2.75, 3.05) is 6.54 Å². The molecule has 0 aliphatic heterocycles. The lowest BCUT2D eigenvalue weighted by Gasteiger charge is -2.19. The third-order valence-electron chi connectivity index (χ3n) is 3.18. The van der Waals surface area contributed by atoms with Crippen molar-refractivity contribution in [1.82, 2.24) is 0 Å². The molecule has 2 heteroatoms. The molecule has 0 fully saturated rings. The largest absolute Gasteiger partial charge is 0.507 e. The number of hydrogen-bond donors (Lipinski definition) is 2. The Morgan fingerprint density at radius 3 is 2.38 bits per heavy atom. The molecule has 0 aromatic heterocycles. The fourth-order valence-corrected chi connectivity index (χ4v) is 2.21. The lowest BCUT2D eigenvalue weighted by atomic mass is 9.88. The van der Waals surface area contributed by atoms with E-state index in [4.69, 9.17) is 5.73 Å². The van der Waals surface area contributed by atoms with E-state index in [0.717, 1.165) is 23.1 Å². The summed E-state index contributed by atoms with van der Waals surface area (Å²) in [6, 6.07) is 4.12. The molecule has 1 aromatic carbocycles. The highest BCUT2D eigenvalue weighted by Crippen LogP contribution is 2.36. The van der Waals surface area contributed by atoms with E-state index in [1.165, 1.54) is 0 Å². The standard InChI is InChI=1S/C14H23NO/c1-9(2)12-6-5-10(3)13(14(12)16)11(4)7-8-15/h5-6,9,11,16H,7-8,15H2,1-4H3. The first kappa shape index (κ1) is 13.0. The smallest absolute Gasteiger partial charge is 0.122 e. The van der Waals surface area contributed by atoms with Crippen molar-refractivity contribution in [2.45, 2.75) is 46.0 Å². The summed E-state index contributed by atoms with van der Waals surface area (Å²) in [6.07, 6.45) is 0.913. The maximum absolute atomic E-state index is 10.3. The van der Waals surface area contributed by atoms with Crippen LogP contribution in [0.3, 0.4) is 0 Å². The Bertz CT molecular complexity index is 358. The summed E-state index contributed by atoms with van der Waals surface area (Å²) >= 11 is 0. The summed E-state index contributed by atoms with van der Waals surface area (Å²) in [5.41, 5.74) is 8.84. The molecule has 0 spiro atoms. The number of phenolic OH excluding ortho intramolecular Hbond substituents is 1. The molecule has 0 bridgehead atoms. The zero-order valence-corrected chi connectivity index (χ0v) is 10.7. The van der Waals surface area contributed by atoms with Crippen LogP contribution in [0.1, 0.15) is 55.7 Å². The minimum absolute atomic E-state index is 0.323. The number of aryl methyl sites for hydroxylation is 1. The maximum atomic E-state index is 10.3. The van der Waals surface area contributed by atoms with E-state index in [2.05, 4.69) is 26.8 Å². The number of benzene rings is 1. The summed E-state index contributed by atoms with van der Waals surface area (Å²) < 4.78 is 0. The molecule has 0 radical (unpaired) electrons. The van der Waals surface area contributed by atoms with Crippen LogP contribution in [0.25, 0.3) is 0 Å². The molecule has 1 atom stereocenters. The van der Waals surface area contributed by atoms with Gasteiger partial charge < -0.3 is 10.8 Å². The summed E-state index contributed by atoms with van der Waals surface area (Å²) in [6.45, 7) is 9.03. The van der Waals surface area contributed by atoms with Crippen LogP contribution in [0.5, 0.6) is 5.75 Å². The molecule has 0 amide bonds. The van der Waals surface area contributed by atoms with E-state index in [1.807, 2.05) is 13.0 Å². The molecule has 90 valence electrons. The fraction of sp³-hybridized carbons (Fsp3) is 0.571. The van der Waals surface area contributed by atoms with E-state index in [1.54, 1.807) is 0 Å². The Labute approximate surface area is 98.5 Å². The van der Waals surface area contributed by atoms with Crippen molar-refractivity contribution in [3.05, 3.63) is 28.8 Å². The van der Waals surface area contributed by atoms with Gasteiger partial charge in [0, 0.05) is 0 Å². The molecule has 3 N–H and O–H groups in total. The zero-order chi connectivity index (χ0) is 12.3. The van der Waals surface area contributed by atoms with Crippen molar-refractivity contribution in [3.8, 4) is 5.75 Å².